The van der Waals surface area contributed by atoms with Gasteiger partial charge in [-0.2, -0.15) is 5.26 Å². The first kappa shape index (κ1) is 22.7. The number of pyridine rings is 1. The summed E-state index contributed by atoms with van der Waals surface area (Å²) < 4.78 is 33.7. The molecule has 2 aromatic carbocycles. The molecular weight excluding hydrogens is 418 g/mol. The van der Waals surface area contributed by atoms with Crippen molar-refractivity contribution >= 4 is 5.78 Å². The van der Waals surface area contributed by atoms with Crippen LogP contribution < -0.4 is 10.3 Å². The molecule has 164 valence electrons. The summed E-state index contributed by atoms with van der Waals surface area (Å²) in [6.07, 6.45) is -1.02. The first-order valence-electron chi connectivity index (χ1n) is 9.84. The molecule has 0 aliphatic rings. The molecule has 0 amide bonds. The number of aromatic hydroxyl groups is 1. The van der Waals surface area contributed by atoms with Crippen LogP contribution in [0, 0.1) is 29.9 Å². The third-order valence-corrected chi connectivity index (χ3v) is 5.07. The van der Waals surface area contributed by atoms with Crippen molar-refractivity contribution in [2.24, 2.45) is 0 Å². The molecule has 32 heavy (non-hydrogen) atoms. The van der Waals surface area contributed by atoms with Crippen LogP contribution in [-0.2, 0) is 6.54 Å². The van der Waals surface area contributed by atoms with E-state index in [2.05, 4.69) is 0 Å². The number of nitriles is 1. The number of carbonyl (C=O) groups excluding carboxylic acids is 1. The van der Waals surface area contributed by atoms with Gasteiger partial charge in [-0.3, -0.25) is 14.2 Å². The topological polar surface area (TPSA) is 92.3 Å². The Kier molecular flexibility index (Phi) is 6.69. The van der Waals surface area contributed by atoms with Crippen LogP contribution in [0.4, 0.5) is 8.78 Å². The zero-order valence-electron chi connectivity index (χ0n) is 17.4. The summed E-state index contributed by atoms with van der Waals surface area (Å²) in [7, 11) is 0. The molecule has 1 heterocycles. The number of hydrogen-bond donors (Lipinski definition) is 1. The molecule has 8 heteroatoms. The van der Waals surface area contributed by atoms with Gasteiger partial charge in [-0.15, -0.1) is 0 Å². The van der Waals surface area contributed by atoms with Gasteiger partial charge < -0.3 is 9.84 Å². The van der Waals surface area contributed by atoms with E-state index in [1.165, 1.54) is 49.4 Å². The van der Waals surface area contributed by atoms with Crippen LogP contribution in [-0.4, -0.2) is 21.6 Å². The summed E-state index contributed by atoms with van der Waals surface area (Å²) in [5.74, 6) is -2.60. The molecule has 3 aromatic rings. The van der Waals surface area contributed by atoms with E-state index in [0.29, 0.717) is 5.56 Å². The van der Waals surface area contributed by atoms with Crippen LogP contribution in [0.1, 0.15) is 40.4 Å². The molecule has 1 atom stereocenters. The summed E-state index contributed by atoms with van der Waals surface area (Å²) in [5, 5.41) is 20.4. The number of hydrogen-bond acceptors (Lipinski definition) is 5. The number of para-hydroxylation sites is 1. The van der Waals surface area contributed by atoms with Gasteiger partial charge in [-0.1, -0.05) is 31.2 Å². The van der Waals surface area contributed by atoms with E-state index in [9.17, 15) is 28.7 Å². The molecule has 0 fully saturated rings. The lowest BCUT2D eigenvalue weighted by Gasteiger charge is -2.20. The fourth-order valence-corrected chi connectivity index (χ4v) is 3.34. The van der Waals surface area contributed by atoms with Gasteiger partial charge in [-0.25, -0.2) is 8.78 Å². The summed E-state index contributed by atoms with van der Waals surface area (Å²) in [4.78, 5) is 26.1. The van der Waals surface area contributed by atoms with Gasteiger partial charge in [0.05, 0.1) is 12.1 Å². The van der Waals surface area contributed by atoms with Crippen molar-refractivity contribution in [2.45, 2.75) is 32.9 Å². The number of benzene rings is 2. The first-order valence-corrected chi connectivity index (χ1v) is 9.84. The molecule has 0 saturated carbocycles. The van der Waals surface area contributed by atoms with Crippen LogP contribution in [0.3, 0.4) is 0 Å². The van der Waals surface area contributed by atoms with E-state index >= 15 is 0 Å². The molecule has 0 radical (unpaired) electrons. The normalized spacial score (nSPS) is 11.6. The second-order valence-electron chi connectivity index (χ2n) is 7.14. The predicted octanol–water partition coefficient (Wildman–Crippen LogP) is 4.10. The molecule has 1 N–H and O–H groups in total. The first-order chi connectivity index (χ1) is 15.3. The smallest absolute Gasteiger partial charge is 0.271 e. The Hall–Kier alpha value is -3.99. The van der Waals surface area contributed by atoms with Gasteiger partial charge in [0.25, 0.3) is 5.56 Å². The Balaban J connectivity index is 2.09. The summed E-state index contributed by atoms with van der Waals surface area (Å²) in [6.45, 7) is 2.84. The Labute approximate surface area is 182 Å². The van der Waals surface area contributed by atoms with E-state index in [4.69, 9.17) is 4.74 Å². The van der Waals surface area contributed by atoms with Crippen molar-refractivity contribution in [1.82, 2.24) is 4.57 Å². The molecule has 0 bridgehead atoms. The predicted molar refractivity (Wildman–Crippen MR) is 113 cm³/mol. The molecule has 3 rings (SSSR count). The second-order valence-corrected chi connectivity index (χ2v) is 7.14. The molecule has 0 saturated heterocycles. The summed E-state index contributed by atoms with van der Waals surface area (Å²) in [6, 6.07) is 12.6. The summed E-state index contributed by atoms with van der Waals surface area (Å²) in [5.41, 5.74) is -0.873. The Morgan fingerprint density at radius 1 is 1.19 bits per heavy atom. The van der Waals surface area contributed by atoms with Crippen molar-refractivity contribution < 1.29 is 23.4 Å². The van der Waals surface area contributed by atoms with Gasteiger partial charge in [0.2, 0.25) is 11.7 Å². The van der Waals surface area contributed by atoms with E-state index in [0.717, 1.165) is 4.57 Å². The molecule has 6 nitrogen and oxygen atoms in total. The zero-order valence-corrected chi connectivity index (χ0v) is 17.4. The Bertz CT molecular complexity index is 1260. The van der Waals surface area contributed by atoms with Gasteiger partial charge in [0, 0.05) is 0 Å². The van der Waals surface area contributed by atoms with E-state index in [1.54, 1.807) is 19.1 Å². The maximum absolute atomic E-state index is 14.0. The molecule has 0 aliphatic carbocycles. The van der Waals surface area contributed by atoms with Crippen LogP contribution in [0.2, 0.25) is 0 Å². The van der Waals surface area contributed by atoms with Crippen LogP contribution in [0.15, 0.2) is 53.3 Å². The van der Waals surface area contributed by atoms with Crippen LogP contribution in [0.5, 0.6) is 11.6 Å². The van der Waals surface area contributed by atoms with Gasteiger partial charge in [-0.05, 0) is 48.7 Å². The number of rotatable bonds is 7. The maximum atomic E-state index is 14.0. The monoisotopic (exact) mass is 438 g/mol. The zero-order chi connectivity index (χ0) is 23.4. The lowest BCUT2D eigenvalue weighted by molar-refractivity contribution is 0.0774. The van der Waals surface area contributed by atoms with Crippen molar-refractivity contribution in [3.8, 4) is 17.7 Å². The molecule has 1 aromatic heterocycles. The third kappa shape index (κ3) is 4.37. The highest BCUT2D eigenvalue weighted by Crippen LogP contribution is 2.27. The average Bonchev–Trinajstić information content (AvgIpc) is 2.77. The van der Waals surface area contributed by atoms with E-state index < -0.39 is 35.0 Å². The number of aromatic nitrogens is 1. The van der Waals surface area contributed by atoms with Crippen molar-refractivity contribution in [1.29, 1.82) is 5.26 Å². The molecule has 0 spiro atoms. The van der Waals surface area contributed by atoms with Gasteiger partial charge >= 0.3 is 0 Å². The Morgan fingerprint density at radius 2 is 1.84 bits per heavy atom. The maximum Gasteiger partial charge on any atom is 0.271 e. The highest BCUT2D eigenvalue weighted by molar-refractivity contribution is 6.03. The van der Waals surface area contributed by atoms with E-state index in [1.807, 2.05) is 0 Å². The van der Waals surface area contributed by atoms with E-state index in [-0.39, 0.29) is 35.4 Å². The number of ketones is 1. The SMILES string of the molecule is CCC(Oc1ccccc1F)C(=O)c1c(C)c(C#N)c(=O)n(Cc2ccc(F)cc2)c1O. The number of nitrogens with zero attached hydrogens (tertiary/aromatic N) is 2. The summed E-state index contributed by atoms with van der Waals surface area (Å²) >= 11 is 0. The third-order valence-electron chi connectivity index (χ3n) is 5.07. The quantitative estimate of drug-likeness (QED) is 0.561. The van der Waals surface area contributed by atoms with Gasteiger partial charge in [0.15, 0.2) is 17.7 Å². The highest BCUT2D eigenvalue weighted by atomic mass is 19.1. The average molecular weight is 438 g/mol. The van der Waals surface area contributed by atoms with Crippen molar-refractivity contribution in [3.63, 3.8) is 0 Å². The fraction of sp³-hybridized carbons (Fsp3) is 0.208. The lowest BCUT2D eigenvalue weighted by atomic mass is 9.97. The fourth-order valence-electron chi connectivity index (χ4n) is 3.34. The van der Waals surface area contributed by atoms with Crippen LogP contribution >= 0.6 is 0 Å². The minimum Gasteiger partial charge on any atom is -0.494 e. The largest absolute Gasteiger partial charge is 0.494 e. The number of halogens is 2. The lowest BCUT2D eigenvalue weighted by Crippen LogP contribution is -2.32. The van der Waals surface area contributed by atoms with Crippen LogP contribution in [0.25, 0.3) is 0 Å². The number of ether oxygens (including phenoxy) is 1. The minimum atomic E-state index is -1.17. The standard InChI is InChI=1S/C24H20F2N2O4/c1-3-19(32-20-7-5-4-6-18(20)26)22(29)21-14(2)17(12-27)23(30)28(24(21)31)13-15-8-10-16(25)11-9-15/h4-11,19,31H,3,13H2,1-2H3. The number of Topliss-reactive ketones (excluding diaryl/α,β-unsaturated/α-hetero) is 1. The molecule has 1 unspecified atom stereocenters. The highest BCUT2D eigenvalue weighted by Gasteiger charge is 2.30. The second kappa shape index (κ2) is 9.43. The van der Waals surface area contributed by atoms with Crippen molar-refractivity contribution in [2.75, 3.05) is 0 Å². The molecule has 0 aliphatic heterocycles. The number of carbonyl (C=O) groups is 1. The van der Waals surface area contributed by atoms with Gasteiger partial charge in [0.1, 0.15) is 17.4 Å². The minimum absolute atomic E-state index is 0.00550. The Morgan fingerprint density at radius 3 is 2.44 bits per heavy atom. The van der Waals surface area contributed by atoms with Crippen molar-refractivity contribution in [3.05, 3.63) is 92.8 Å². The molecular formula is C24H20F2N2O4.